The van der Waals surface area contributed by atoms with Crippen molar-refractivity contribution in [2.75, 3.05) is 5.32 Å². The largest absolute Gasteiger partial charge is 0.478 e. The molecule has 1 rings (SSSR count). The van der Waals surface area contributed by atoms with Crippen LogP contribution >= 0.6 is 0 Å². The predicted octanol–water partition coefficient (Wildman–Crippen LogP) is 4.46. The van der Waals surface area contributed by atoms with Gasteiger partial charge in [0.15, 0.2) is 0 Å². The van der Waals surface area contributed by atoms with E-state index in [-0.39, 0.29) is 11.5 Å². The minimum atomic E-state index is -0.962. The first-order chi connectivity index (χ1) is 10.1. The summed E-state index contributed by atoms with van der Waals surface area (Å²) in [6.45, 7) is 2.20. The van der Waals surface area contributed by atoms with Crippen molar-refractivity contribution < 1.29 is 14.7 Å². The number of carbonyl (C=O) groups excluding carboxylic acids is 1. The Hall–Kier alpha value is -1.84. The van der Waals surface area contributed by atoms with E-state index in [2.05, 4.69) is 12.2 Å². The standard InChI is InChI=1S/C17H25NO3/c1-2-3-4-5-6-7-8-9-16(19)18-15-12-10-14(11-13-15)17(20)21/h10-13H,2-9H2,1H3,(H,18,19)(H,20,21). The van der Waals surface area contributed by atoms with Gasteiger partial charge >= 0.3 is 5.97 Å². The van der Waals surface area contributed by atoms with Crippen LogP contribution in [0.1, 0.15) is 68.6 Å². The predicted molar refractivity (Wildman–Crippen MR) is 84.6 cm³/mol. The van der Waals surface area contributed by atoms with E-state index in [0.717, 1.165) is 12.8 Å². The highest BCUT2D eigenvalue weighted by atomic mass is 16.4. The molecule has 0 aliphatic carbocycles. The summed E-state index contributed by atoms with van der Waals surface area (Å²) >= 11 is 0. The smallest absolute Gasteiger partial charge is 0.335 e. The number of anilines is 1. The molecule has 2 N–H and O–H groups in total. The molecular formula is C17H25NO3. The summed E-state index contributed by atoms with van der Waals surface area (Å²) in [6.07, 6.45) is 8.82. The molecule has 4 nitrogen and oxygen atoms in total. The van der Waals surface area contributed by atoms with Crippen LogP contribution in [0.25, 0.3) is 0 Å². The third kappa shape index (κ3) is 7.49. The summed E-state index contributed by atoms with van der Waals surface area (Å²) in [7, 11) is 0. The van der Waals surface area contributed by atoms with Gasteiger partial charge in [0.05, 0.1) is 5.56 Å². The highest BCUT2D eigenvalue weighted by molar-refractivity contribution is 5.92. The lowest BCUT2D eigenvalue weighted by atomic mass is 10.1. The van der Waals surface area contributed by atoms with Crippen molar-refractivity contribution in [3.63, 3.8) is 0 Å². The lowest BCUT2D eigenvalue weighted by molar-refractivity contribution is -0.116. The van der Waals surface area contributed by atoms with Gasteiger partial charge in [-0.3, -0.25) is 4.79 Å². The van der Waals surface area contributed by atoms with E-state index >= 15 is 0 Å². The Labute approximate surface area is 126 Å². The fraction of sp³-hybridized carbons (Fsp3) is 0.529. The molecule has 1 aromatic carbocycles. The molecule has 0 saturated carbocycles. The van der Waals surface area contributed by atoms with Crippen molar-refractivity contribution in [1.29, 1.82) is 0 Å². The number of carbonyl (C=O) groups is 2. The van der Waals surface area contributed by atoms with Crippen molar-refractivity contribution in [1.82, 2.24) is 0 Å². The van der Waals surface area contributed by atoms with Crippen LogP contribution in [0.2, 0.25) is 0 Å². The van der Waals surface area contributed by atoms with Crippen LogP contribution in [0, 0.1) is 0 Å². The second-order valence-corrected chi connectivity index (χ2v) is 5.30. The van der Waals surface area contributed by atoms with E-state index in [0.29, 0.717) is 12.1 Å². The normalized spacial score (nSPS) is 10.3. The van der Waals surface area contributed by atoms with E-state index in [9.17, 15) is 9.59 Å². The van der Waals surface area contributed by atoms with Gasteiger partial charge in [-0.25, -0.2) is 4.79 Å². The van der Waals surface area contributed by atoms with Crippen LogP contribution in [0.4, 0.5) is 5.69 Å². The molecule has 0 aliphatic rings. The van der Waals surface area contributed by atoms with Gasteiger partial charge in [-0.05, 0) is 30.7 Å². The monoisotopic (exact) mass is 291 g/mol. The summed E-state index contributed by atoms with van der Waals surface area (Å²) in [6, 6.07) is 6.22. The number of rotatable bonds is 10. The second kappa shape index (κ2) is 9.97. The molecule has 0 unspecified atom stereocenters. The summed E-state index contributed by atoms with van der Waals surface area (Å²) in [5, 5.41) is 11.6. The molecule has 1 amide bonds. The lowest BCUT2D eigenvalue weighted by Crippen LogP contribution is -2.11. The molecular weight excluding hydrogens is 266 g/mol. The molecule has 1 aromatic rings. The van der Waals surface area contributed by atoms with E-state index in [4.69, 9.17) is 5.11 Å². The van der Waals surface area contributed by atoms with Crippen molar-refractivity contribution in [2.45, 2.75) is 58.3 Å². The molecule has 116 valence electrons. The average Bonchev–Trinajstić information content (AvgIpc) is 2.47. The van der Waals surface area contributed by atoms with Gasteiger partial charge < -0.3 is 10.4 Å². The summed E-state index contributed by atoms with van der Waals surface area (Å²) in [5.41, 5.74) is 0.869. The molecule has 0 aliphatic heterocycles. The Morgan fingerprint density at radius 3 is 2.10 bits per heavy atom. The number of unbranched alkanes of at least 4 members (excludes halogenated alkanes) is 6. The molecule has 0 atom stereocenters. The zero-order valence-corrected chi connectivity index (χ0v) is 12.7. The van der Waals surface area contributed by atoms with Gasteiger partial charge in [0, 0.05) is 12.1 Å². The van der Waals surface area contributed by atoms with Crippen LogP contribution in [-0.4, -0.2) is 17.0 Å². The number of carboxylic acids is 1. The Balaban J connectivity index is 2.17. The minimum Gasteiger partial charge on any atom is -0.478 e. The molecule has 0 aromatic heterocycles. The van der Waals surface area contributed by atoms with Gasteiger partial charge in [-0.2, -0.15) is 0 Å². The topological polar surface area (TPSA) is 66.4 Å². The van der Waals surface area contributed by atoms with Gasteiger partial charge in [0.1, 0.15) is 0 Å². The van der Waals surface area contributed by atoms with E-state index in [1.807, 2.05) is 0 Å². The lowest BCUT2D eigenvalue weighted by Gasteiger charge is -2.05. The first-order valence-electron chi connectivity index (χ1n) is 7.76. The molecule has 0 spiro atoms. The van der Waals surface area contributed by atoms with Crippen molar-refractivity contribution in [3.8, 4) is 0 Å². The van der Waals surface area contributed by atoms with Crippen LogP contribution in [0.5, 0.6) is 0 Å². The molecule has 0 heterocycles. The first-order valence-corrected chi connectivity index (χ1v) is 7.76. The Morgan fingerprint density at radius 2 is 1.52 bits per heavy atom. The van der Waals surface area contributed by atoms with Crippen molar-refractivity contribution >= 4 is 17.6 Å². The Bertz CT molecular complexity index is 440. The Kier molecular flexibility index (Phi) is 8.17. The Morgan fingerprint density at radius 1 is 0.952 bits per heavy atom. The number of amides is 1. The molecule has 21 heavy (non-hydrogen) atoms. The molecule has 0 saturated heterocycles. The summed E-state index contributed by atoms with van der Waals surface area (Å²) in [5.74, 6) is -0.970. The second-order valence-electron chi connectivity index (χ2n) is 5.30. The first kappa shape index (κ1) is 17.2. The fourth-order valence-electron chi connectivity index (χ4n) is 2.16. The van der Waals surface area contributed by atoms with Crippen molar-refractivity contribution in [2.24, 2.45) is 0 Å². The van der Waals surface area contributed by atoms with Crippen LogP contribution < -0.4 is 5.32 Å². The summed E-state index contributed by atoms with van der Waals surface area (Å²) < 4.78 is 0. The number of aromatic carboxylic acids is 1. The van der Waals surface area contributed by atoms with E-state index in [1.165, 1.54) is 44.2 Å². The van der Waals surface area contributed by atoms with Gasteiger partial charge in [-0.1, -0.05) is 45.4 Å². The zero-order chi connectivity index (χ0) is 15.5. The van der Waals surface area contributed by atoms with Gasteiger partial charge in [0.25, 0.3) is 0 Å². The quantitative estimate of drug-likeness (QED) is 0.625. The minimum absolute atomic E-state index is 0.00775. The molecule has 0 radical (unpaired) electrons. The fourth-order valence-corrected chi connectivity index (χ4v) is 2.16. The maximum absolute atomic E-state index is 11.7. The van der Waals surface area contributed by atoms with Crippen LogP contribution in [-0.2, 0) is 4.79 Å². The average molecular weight is 291 g/mol. The van der Waals surface area contributed by atoms with Gasteiger partial charge in [-0.15, -0.1) is 0 Å². The SMILES string of the molecule is CCCCCCCCCC(=O)Nc1ccc(C(=O)O)cc1. The van der Waals surface area contributed by atoms with E-state index < -0.39 is 5.97 Å². The van der Waals surface area contributed by atoms with Gasteiger partial charge in [0.2, 0.25) is 5.91 Å². The number of hydrogen-bond donors (Lipinski definition) is 2. The van der Waals surface area contributed by atoms with Crippen LogP contribution in [0.15, 0.2) is 24.3 Å². The maximum atomic E-state index is 11.7. The highest BCUT2D eigenvalue weighted by Gasteiger charge is 2.04. The maximum Gasteiger partial charge on any atom is 0.335 e. The third-order valence-electron chi connectivity index (χ3n) is 3.42. The van der Waals surface area contributed by atoms with Crippen LogP contribution in [0.3, 0.4) is 0 Å². The molecule has 0 bridgehead atoms. The zero-order valence-electron chi connectivity index (χ0n) is 12.7. The number of carboxylic acid groups (broad SMARTS) is 1. The number of nitrogens with one attached hydrogen (secondary N) is 1. The number of benzene rings is 1. The number of hydrogen-bond acceptors (Lipinski definition) is 2. The van der Waals surface area contributed by atoms with Crippen molar-refractivity contribution in [3.05, 3.63) is 29.8 Å². The molecule has 4 heteroatoms. The van der Waals surface area contributed by atoms with E-state index in [1.54, 1.807) is 12.1 Å². The third-order valence-corrected chi connectivity index (χ3v) is 3.42. The molecule has 0 fully saturated rings. The highest BCUT2D eigenvalue weighted by Crippen LogP contribution is 2.12. The summed E-state index contributed by atoms with van der Waals surface area (Å²) in [4.78, 5) is 22.5.